The third-order valence-electron chi connectivity index (χ3n) is 3.65. The molecule has 1 N–H and O–H groups in total. The fourth-order valence-electron chi connectivity index (χ4n) is 2.41. The van der Waals surface area contributed by atoms with E-state index in [1.165, 1.54) is 0 Å². The second-order valence-electron chi connectivity index (χ2n) is 5.11. The maximum atomic E-state index is 12.4. The number of aryl methyl sites for hydroxylation is 1. The molecule has 0 unspecified atom stereocenters. The van der Waals surface area contributed by atoms with Gasteiger partial charge in [-0.2, -0.15) is 0 Å². The lowest BCUT2D eigenvalue weighted by Gasteiger charge is -2.31. The summed E-state index contributed by atoms with van der Waals surface area (Å²) in [5, 5.41) is 3.40. The van der Waals surface area contributed by atoms with Crippen LogP contribution in [0.15, 0.2) is 9.85 Å². The molecule has 1 fully saturated rings. The Bertz CT molecular complexity index is 419. The fourth-order valence-corrected chi connectivity index (χ4v) is 3.91. The second kappa shape index (κ2) is 6.86. The number of carbonyl (C=O) groups excluding carboxylic acids is 1. The number of nitrogens with one attached hydrogen (secondary N) is 1. The van der Waals surface area contributed by atoms with Gasteiger partial charge in [0.1, 0.15) is 0 Å². The van der Waals surface area contributed by atoms with E-state index in [1.54, 1.807) is 11.3 Å². The maximum absolute atomic E-state index is 12.4. The predicted molar refractivity (Wildman–Crippen MR) is 83.9 cm³/mol. The van der Waals surface area contributed by atoms with Crippen molar-refractivity contribution < 1.29 is 4.79 Å². The van der Waals surface area contributed by atoms with Crippen molar-refractivity contribution >= 4 is 33.2 Å². The number of thiophene rings is 1. The zero-order chi connectivity index (χ0) is 13.8. The second-order valence-corrected chi connectivity index (χ2v) is 7.48. The zero-order valence-electron chi connectivity index (χ0n) is 11.5. The van der Waals surface area contributed by atoms with Gasteiger partial charge in [0.05, 0.1) is 8.66 Å². The minimum absolute atomic E-state index is 0.195. The lowest BCUT2D eigenvalue weighted by Crippen LogP contribution is -2.40. The van der Waals surface area contributed by atoms with Crippen molar-refractivity contribution in [3.63, 3.8) is 0 Å². The molecular weight excluding hydrogens is 324 g/mol. The molecule has 0 radical (unpaired) electrons. The van der Waals surface area contributed by atoms with Crippen LogP contribution in [-0.2, 0) is 0 Å². The highest BCUT2D eigenvalue weighted by atomic mass is 79.9. The van der Waals surface area contributed by atoms with Gasteiger partial charge in [-0.1, -0.05) is 6.92 Å². The molecule has 1 saturated heterocycles. The summed E-state index contributed by atoms with van der Waals surface area (Å²) < 4.78 is 1.07. The molecule has 3 nitrogen and oxygen atoms in total. The standard InChI is InChI=1S/C14H21BrN2OS/c1-3-16-9-11-4-6-17(7-5-11)14(18)12-8-10(2)13(15)19-12/h8,11,16H,3-7,9H2,1-2H3. The first-order chi connectivity index (χ1) is 9.11. The summed E-state index contributed by atoms with van der Waals surface area (Å²) >= 11 is 5.03. The molecule has 106 valence electrons. The third kappa shape index (κ3) is 3.80. The Morgan fingerprint density at radius 2 is 2.21 bits per heavy atom. The molecular formula is C14H21BrN2OS. The fraction of sp³-hybridized carbons (Fsp3) is 0.643. The van der Waals surface area contributed by atoms with Gasteiger partial charge in [0, 0.05) is 13.1 Å². The molecule has 5 heteroatoms. The lowest BCUT2D eigenvalue weighted by molar-refractivity contribution is 0.0695. The number of likely N-dealkylation sites (tertiary alicyclic amines) is 1. The topological polar surface area (TPSA) is 32.3 Å². The van der Waals surface area contributed by atoms with Crippen molar-refractivity contribution in [2.24, 2.45) is 5.92 Å². The quantitative estimate of drug-likeness (QED) is 0.908. The number of hydrogen-bond acceptors (Lipinski definition) is 3. The van der Waals surface area contributed by atoms with Crippen molar-refractivity contribution in [3.05, 3.63) is 20.3 Å². The molecule has 1 aliphatic heterocycles. The number of amides is 1. The molecule has 1 amide bonds. The van der Waals surface area contributed by atoms with E-state index in [1.807, 2.05) is 17.9 Å². The normalized spacial score (nSPS) is 16.9. The van der Waals surface area contributed by atoms with Crippen molar-refractivity contribution in [1.82, 2.24) is 10.2 Å². The Kier molecular flexibility index (Phi) is 5.42. The van der Waals surface area contributed by atoms with E-state index in [0.717, 1.165) is 59.2 Å². The van der Waals surface area contributed by atoms with Crippen LogP contribution in [0.3, 0.4) is 0 Å². The molecule has 0 aliphatic carbocycles. The highest BCUT2D eigenvalue weighted by Crippen LogP contribution is 2.29. The largest absolute Gasteiger partial charge is 0.338 e. The number of rotatable bonds is 4. The minimum atomic E-state index is 0.195. The van der Waals surface area contributed by atoms with Crippen LogP contribution in [-0.4, -0.2) is 37.0 Å². The van der Waals surface area contributed by atoms with Gasteiger partial charge < -0.3 is 10.2 Å². The summed E-state index contributed by atoms with van der Waals surface area (Å²) in [4.78, 5) is 15.2. The Labute approximate surface area is 127 Å². The molecule has 0 saturated carbocycles. The lowest BCUT2D eigenvalue weighted by atomic mass is 9.96. The molecule has 19 heavy (non-hydrogen) atoms. The van der Waals surface area contributed by atoms with Crippen LogP contribution in [0.25, 0.3) is 0 Å². The molecule has 0 bridgehead atoms. The summed E-state index contributed by atoms with van der Waals surface area (Å²) in [7, 11) is 0. The molecule has 1 aromatic heterocycles. The van der Waals surface area contributed by atoms with Crippen LogP contribution in [0.1, 0.15) is 35.0 Å². The van der Waals surface area contributed by atoms with E-state index < -0.39 is 0 Å². The number of nitrogens with zero attached hydrogens (tertiary/aromatic N) is 1. The third-order valence-corrected chi connectivity index (χ3v) is 5.78. The zero-order valence-corrected chi connectivity index (χ0v) is 13.9. The number of hydrogen-bond donors (Lipinski definition) is 1. The first kappa shape index (κ1) is 15.0. The Morgan fingerprint density at radius 1 is 1.53 bits per heavy atom. The molecule has 0 spiro atoms. The van der Waals surface area contributed by atoms with Gasteiger partial charge in [-0.25, -0.2) is 0 Å². The number of halogens is 1. The summed E-state index contributed by atoms with van der Waals surface area (Å²) in [6.45, 7) is 8.06. The molecule has 1 aliphatic rings. The van der Waals surface area contributed by atoms with Crippen LogP contribution in [0.4, 0.5) is 0 Å². The van der Waals surface area contributed by atoms with Gasteiger partial charge >= 0.3 is 0 Å². The van der Waals surface area contributed by atoms with Crippen molar-refractivity contribution in [2.45, 2.75) is 26.7 Å². The van der Waals surface area contributed by atoms with Crippen molar-refractivity contribution in [3.8, 4) is 0 Å². The highest BCUT2D eigenvalue weighted by Gasteiger charge is 2.24. The van der Waals surface area contributed by atoms with Crippen LogP contribution in [0.2, 0.25) is 0 Å². The van der Waals surface area contributed by atoms with Crippen LogP contribution < -0.4 is 5.32 Å². The first-order valence-electron chi connectivity index (χ1n) is 6.87. The number of piperidine rings is 1. The van der Waals surface area contributed by atoms with Crippen LogP contribution in [0, 0.1) is 12.8 Å². The Hall–Kier alpha value is -0.390. The summed E-state index contributed by atoms with van der Waals surface area (Å²) in [5.41, 5.74) is 1.15. The van der Waals surface area contributed by atoms with E-state index in [4.69, 9.17) is 0 Å². The molecule has 0 atom stereocenters. The Morgan fingerprint density at radius 3 is 2.74 bits per heavy atom. The summed E-state index contributed by atoms with van der Waals surface area (Å²) in [5.74, 6) is 0.918. The molecule has 1 aromatic rings. The van der Waals surface area contributed by atoms with Gasteiger partial charge in [0.25, 0.3) is 5.91 Å². The average molecular weight is 345 g/mol. The van der Waals surface area contributed by atoms with E-state index in [-0.39, 0.29) is 5.91 Å². The molecule has 2 heterocycles. The maximum Gasteiger partial charge on any atom is 0.263 e. The summed E-state index contributed by atoms with van der Waals surface area (Å²) in [6, 6.07) is 1.99. The number of carbonyl (C=O) groups is 1. The predicted octanol–water partition coefficient (Wildman–Crippen LogP) is 3.28. The van der Waals surface area contributed by atoms with E-state index in [9.17, 15) is 4.79 Å². The van der Waals surface area contributed by atoms with Crippen LogP contribution >= 0.6 is 27.3 Å². The van der Waals surface area contributed by atoms with Crippen molar-refractivity contribution in [1.29, 1.82) is 0 Å². The summed E-state index contributed by atoms with van der Waals surface area (Å²) in [6.07, 6.45) is 2.23. The van der Waals surface area contributed by atoms with Crippen LogP contribution in [0.5, 0.6) is 0 Å². The van der Waals surface area contributed by atoms with Gasteiger partial charge in [-0.15, -0.1) is 11.3 Å². The van der Waals surface area contributed by atoms with Gasteiger partial charge in [-0.3, -0.25) is 4.79 Å². The molecule has 0 aromatic carbocycles. The Balaban J connectivity index is 1.89. The monoisotopic (exact) mass is 344 g/mol. The van der Waals surface area contributed by atoms with E-state index >= 15 is 0 Å². The van der Waals surface area contributed by atoms with Gasteiger partial charge in [0.2, 0.25) is 0 Å². The smallest absolute Gasteiger partial charge is 0.263 e. The van der Waals surface area contributed by atoms with Crippen molar-refractivity contribution in [2.75, 3.05) is 26.2 Å². The average Bonchev–Trinajstić information content (AvgIpc) is 2.76. The molecule has 2 rings (SSSR count). The SMILES string of the molecule is CCNCC1CCN(C(=O)c2cc(C)c(Br)s2)CC1. The van der Waals surface area contributed by atoms with E-state index in [2.05, 4.69) is 28.2 Å². The first-order valence-corrected chi connectivity index (χ1v) is 8.48. The van der Waals surface area contributed by atoms with Gasteiger partial charge in [-0.05, 0) is 66.3 Å². The highest BCUT2D eigenvalue weighted by molar-refractivity contribution is 9.11. The van der Waals surface area contributed by atoms with E-state index in [0.29, 0.717) is 0 Å². The minimum Gasteiger partial charge on any atom is -0.338 e. The van der Waals surface area contributed by atoms with Gasteiger partial charge in [0.15, 0.2) is 0 Å².